The van der Waals surface area contributed by atoms with Gasteiger partial charge in [-0.1, -0.05) is 149 Å². The molecular formula is C45H35N3O. The van der Waals surface area contributed by atoms with E-state index in [0.29, 0.717) is 17.5 Å². The molecule has 1 aliphatic carbocycles. The summed E-state index contributed by atoms with van der Waals surface area (Å²) in [5.41, 5.74) is 12.2. The van der Waals surface area contributed by atoms with Crippen molar-refractivity contribution in [2.45, 2.75) is 38.5 Å². The molecule has 2 aromatic heterocycles. The standard InChI is InChI=1S/C45H35N3O/c1-44(2)36-18-10-8-15-32(36)35-27-31(25-26-37(35)45(44,3)4)28-21-23-30(24-22-28)42-46-41(29-13-6-5-7-14-29)47-43(48-42)34-17-12-20-39-40(34)33-16-9-11-19-38(33)49-39/h5-27H,1-4H3. The van der Waals surface area contributed by atoms with Gasteiger partial charge in [0.05, 0.1) is 0 Å². The Morgan fingerprint density at radius 2 is 0.959 bits per heavy atom. The number of para-hydroxylation sites is 1. The second kappa shape index (κ2) is 10.8. The maximum absolute atomic E-state index is 6.20. The zero-order valence-electron chi connectivity index (χ0n) is 28.0. The molecule has 4 heteroatoms. The van der Waals surface area contributed by atoms with Gasteiger partial charge in [-0.25, -0.2) is 15.0 Å². The molecule has 0 aliphatic heterocycles. The first kappa shape index (κ1) is 29.3. The SMILES string of the molecule is CC1(C)c2ccccc2-c2cc(-c3ccc(-c4nc(-c5ccccc5)nc(-c5cccc6oc7ccccc7c56)n4)cc3)ccc2C1(C)C. The Kier molecular flexibility index (Phi) is 6.47. The van der Waals surface area contributed by atoms with Gasteiger partial charge in [-0.3, -0.25) is 0 Å². The van der Waals surface area contributed by atoms with Gasteiger partial charge in [0.2, 0.25) is 0 Å². The highest BCUT2D eigenvalue weighted by Crippen LogP contribution is 2.54. The molecule has 0 unspecified atom stereocenters. The molecule has 6 aromatic carbocycles. The summed E-state index contributed by atoms with van der Waals surface area (Å²) >= 11 is 0. The lowest BCUT2D eigenvalue weighted by atomic mass is 9.55. The number of nitrogens with zero attached hydrogens (tertiary/aromatic N) is 3. The monoisotopic (exact) mass is 633 g/mol. The number of hydrogen-bond acceptors (Lipinski definition) is 4. The average Bonchev–Trinajstić information content (AvgIpc) is 3.53. The van der Waals surface area contributed by atoms with Gasteiger partial charge in [0, 0.05) is 27.5 Å². The van der Waals surface area contributed by atoms with Crippen molar-refractivity contribution in [3.05, 3.63) is 151 Å². The normalized spacial score (nSPS) is 14.4. The van der Waals surface area contributed by atoms with E-state index in [1.807, 2.05) is 60.7 Å². The van der Waals surface area contributed by atoms with Crippen LogP contribution in [0.1, 0.15) is 38.8 Å². The number of aromatic nitrogens is 3. The summed E-state index contributed by atoms with van der Waals surface area (Å²) in [5.74, 6) is 1.88. The van der Waals surface area contributed by atoms with Crippen LogP contribution in [0, 0.1) is 0 Å². The van der Waals surface area contributed by atoms with Gasteiger partial charge in [-0.2, -0.15) is 0 Å². The predicted octanol–water partition coefficient (Wildman–Crippen LogP) is 11.7. The number of benzene rings is 6. The molecule has 2 heterocycles. The first-order valence-electron chi connectivity index (χ1n) is 16.9. The first-order chi connectivity index (χ1) is 23.8. The van der Waals surface area contributed by atoms with Crippen LogP contribution in [-0.2, 0) is 10.8 Å². The molecule has 1 aliphatic rings. The minimum absolute atomic E-state index is 0.0119. The van der Waals surface area contributed by atoms with Crippen LogP contribution in [0.5, 0.6) is 0 Å². The van der Waals surface area contributed by atoms with E-state index in [9.17, 15) is 0 Å². The minimum Gasteiger partial charge on any atom is -0.456 e. The fourth-order valence-corrected chi connectivity index (χ4v) is 7.54. The highest BCUT2D eigenvalue weighted by atomic mass is 16.3. The van der Waals surface area contributed by atoms with Crippen LogP contribution >= 0.6 is 0 Å². The number of furan rings is 1. The molecule has 0 amide bonds. The van der Waals surface area contributed by atoms with E-state index in [1.165, 1.54) is 27.8 Å². The van der Waals surface area contributed by atoms with E-state index in [0.717, 1.165) is 44.2 Å². The van der Waals surface area contributed by atoms with Gasteiger partial charge in [-0.05, 0) is 62.4 Å². The molecule has 8 aromatic rings. The Morgan fingerprint density at radius 1 is 0.408 bits per heavy atom. The molecule has 0 bridgehead atoms. The molecule has 49 heavy (non-hydrogen) atoms. The molecule has 0 atom stereocenters. The molecule has 0 fully saturated rings. The Morgan fingerprint density at radius 3 is 1.73 bits per heavy atom. The van der Waals surface area contributed by atoms with Crippen LogP contribution in [0.2, 0.25) is 0 Å². The summed E-state index contributed by atoms with van der Waals surface area (Å²) < 4.78 is 6.20. The number of fused-ring (bicyclic) bond motifs is 6. The van der Waals surface area contributed by atoms with E-state index in [2.05, 4.69) is 107 Å². The number of hydrogen-bond donors (Lipinski definition) is 0. The van der Waals surface area contributed by atoms with Gasteiger partial charge >= 0.3 is 0 Å². The van der Waals surface area contributed by atoms with Crippen LogP contribution in [0.15, 0.2) is 144 Å². The average molecular weight is 634 g/mol. The Balaban J connectivity index is 1.16. The smallest absolute Gasteiger partial charge is 0.164 e. The van der Waals surface area contributed by atoms with Gasteiger partial charge in [0.1, 0.15) is 11.2 Å². The summed E-state index contributed by atoms with van der Waals surface area (Å²) in [5, 5.41) is 2.05. The van der Waals surface area contributed by atoms with Crippen LogP contribution in [0.4, 0.5) is 0 Å². The molecule has 0 radical (unpaired) electrons. The lowest BCUT2D eigenvalue weighted by molar-refractivity contribution is 0.299. The van der Waals surface area contributed by atoms with Gasteiger partial charge < -0.3 is 4.42 Å². The minimum atomic E-state index is -0.0149. The third kappa shape index (κ3) is 4.55. The summed E-state index contributed by atoms with van der Waals surface area (Å²) in [6.07, 6.45) is 0. The van der Waals surface area contributed by atoms with Gasteiger partial charge in [-0.15, -0.1) is 0 Å². The fraction of sp³-hybridized carbons (Fsp3) is 0.133. The van der Waals surface area contributed by atoms with Crippen molar-refractivity contribution in [1.82, 2.24) is 15.0 Å². The van der Waals surface area contributed by atoms with Crippen LogP contribution in [-0.4, -0.2) is 15.0 Å². The van der Waals surface area contributed by atoms with E-state index in [-0.39, 0.29) is 10.8 Å². The summed E-state index contributed by atoms with van der Waals surface area (Å²) in [7, 11) is 0. The maximum atomic E-state index is 6.20. The summed E-state index contributed by atoms with van der Waals surface area (Å²) in [6.45, 7) is 9.49. The second-order valence-electron chi connectivity index (χ2n) is 14.1. The van der Waals surface area contributed by atoms with Crippen molar-refractivity contribution in [3.8, 4) is 56.4 Å². The Hall–Kier alpha value is -5.87. The zero-order chi connectivity index (χ0) is 33.3. The molecule has 4 nitrogen and oxygen atoms in total. The molecule has 236 valence electrons. The van der Waals surface area contributed by atoms with E-state index < -0.39 is 0 Å². The maximum Gasteiger partial charge on any atom is 0.164 e. The van der Waals surface area contributed by atoms with Crippen LogP contribution < -0.4 is 0 Å². The highest BCUT2D eigenvalue weighted by molar-refractivity contribution is 6.11. The molecular weight excluding hydrogens is 599 g/mol. The second-order valence-corrected chi connectivity index (χ2v) is 14.1. The molecule has 9 rings (SSSR count). The largest absolute Gasteiger partial charge is 0.456 e. The summed E-state index contributed by atoms with van der Waals surface area (Å²) in [4.78, 5) is 15.1. The molecule has 0 saturated heterocycles. The van der Waals surface area contributed by atoms with Crippen molar-refractivity contribution >= 4 is 21.9 Å². The number of rotatable bonds is 4. The van der Waals surface area contributed by atoms with Crippen molar-refractivity contribution in [3.63, 3.8) is 0 Å². The molecule has 0 N–H and O–H groups in total. The lowest BCUT2D eigenvalue weighted by Gasteiger charge is -2.48. The topological polar surface area (TPSA) is 51.8 Å². The van der Waals surface area contributed by atoms with Crippen LogP contribution in [0.3, 0.4) is 0 Å². The predicted molar refractivity (Wildman–Crippen MR) is 200 cm³/mol. The van der Waals surface area contributed by atoms with Crippen molar-refractivity contribution < 1.29 is 4.42 Å². The van der Waals surface area contributed by atoms with Gasteiger partial charge in [0.15, 0.2) is 17.5 Å². The highest BCUT2D eigenvalue weighted by Gasteiger charge is 2.45. The molecule has 0 spiro atoms. The lowest BCUT2D eigenvalue weighted by Crippen LogP contribution is -2.43. The van der Waals surface area contributed by atoms with Crippen molar-refractivity contribution in [1.29, 1.82) is 0 Å². The van der Waals surface area contributed by atoms with Crippen molar-refractivity contribution in [2.24, 2.45) is 0 Å². The van der Waals surface area contributed by atoms with E-state index in [4.69, 9.17) is 19.4 Å². The van der Waals surface area contributed by atoms with E-state index >= 15 is 0 Å². The zero-order valence-corrected chi connectivity index (χ0v) is 28.0. The van der Waals surface area contributed by atoms with E-state index in [1.54, 1.807) is 0 Å². The Bertz CT molecular complexity index is 2540. The van der Waals surface area contributed by atoms with Crippen LogP contribution in [0.25, 0.3) is 78.4 Å². The third-order valence-corrected chi connectivity index (χ3v) is 10.9. The quantitative estimate of drug-likeness (QED) is 0.193. The first-order valence-corrected chi connectivity index (χ1v) is 16.9. The van der Waals surface area contributed by atoms with Crippen molar-refractivity contribution in [2.75, 3.05) is 0 Å². The Labute approximate surface area is 286 Å². The summed E-state index contributed by atoms with van der Waals surface area (Å²) in [6, 6.07) is 48.7. The molecule has 0 saturated carbocycles. The third-order valence-electron chi connectivity index (χ3n) is 10.9. The fourth-order valence-electron chi connectivity index (χ4n) is 7.54. The van der Waals surface area contributed by atoms with Gasteiger partial charge in [0.25, 0.3) is 0 Å².